The third kappa shape index (κ3) is 4.35. The topological polar surface area (TPSA) is 43.8 Å². The van der Waals surface area contributed by atoms with E-state index >= 15 is 0 Å². The van der Waals surface area contributed by atoms with E-state index in [0.29, 0.717) is 23.3 Å². The zero-order chi connectivity index (χ0) is 19.2. The number of hydrogen-bond acceptors (Lipinski definition) is 5. The molecular weight excluding hydrogens is 340 g/mol. The summed E-state index contributed by atoms with van der Waals surface area (Å²) in [4.78, 5) is 7.19. The minimum atomic E-state index is 0.596. The van der Waals surface area contributed by atoms with Gasteiger partial charge in [0.2, 0.25) is 5.75 Å². The van der Waals surface area contributed by atoms with Crippen LogP contribution in [-0.4, -0.2) is 43.8 Å². The maximum absolute atomic E-state index is 5.48. The molecule has 0 amide bonds. The van der Waals surface area contributed by atoms with Crippen molar-refractivity contribution < 1.29 is 14.2 Å². The molecule has 146 valence electrons. The largest absolute Gasteiger partial charge is 0.493 e. The van der Waals surface area contributed by atoms with Crippen molar-refractivity contribution in [3.63, 3.8) is 0 Å². The van der Waals surface area contributed by atoms with E-state index < -0.39 is 0 Å². The van der Waals surface area contributed by atoms with Crippen molar-refractivity contribution >= 4 is 0 Å². The van der Waals surface area contributed by atoms with E-state index in [9.17, 15) is 0 Å². The van der Waals surface area contributed by atoms with Crippen molar-refractivity contribution in [3.05, 3.63) is 36.0 Å². The molecule has 3 rings (SSSR count). The second-order valence-corrected chi connectivity index (χ2v) is 6.99. The van der Waals surface area contributed by atoms with Crippen LogP contribution in [0.4, 0.5) is 0 Å². The Bertz CT molecular complexity index is 738. The van der Waals surface area contributed by atoms with Gasteiger partial charge in [-0.1, -0.05) is 13.3 Å². The van der Waals surface area contributed by atoms with Crippen LogP contribution in [0.5, 0.6) is 17.2 Å². The Balaban J connectivity index is 1.89. The number of ether oxygens (including phenoxy) is 3. The van der Waals surface area contributed by atoms with Crippen molar-refractivity contribution in [2.75, 3.05) is 27.9 Å². The Morgan fingerprint density at radius 2 is 1.78 bits per heavy atom. The van der Waals surface area contributed by atoms with Crippen LogP contribution in [0.25, 0.3) is 11.3 Å². The fraction of sp³-hybridized carbons (Fsp3) is 0.500. The lowest BCUT2D eigenvalue weighted by Gasteiger charge is -2.35. The standard InChI is InChI=1S/C22H30N2O3/c1-5-18-8-6-7-11-24(18)15-16-9-10-23-19(12-16)17-13-20(25-2)22(27-4)21(14-17)26-3/h9-10,12-14,18H,5-8,11,15H2,1-4H3. The van der Waals surface area contributed by atoms with E-state index in [1.807, 2.05) is 18.3 Å². The first-order chi connectivity index (χ1) is 13.2. The van der Waals surface area contributed by atoms with Crippen LogP contribution in [0.3, 0.4) is 0 Å². The average molecular weight is 370 g/mol. The van der Waals surface area contributed by atoms with Crippen LogP contribution >= 0.6 is 0 Å². The van der Waals surface area contributed by atoms with Gasteiger partial charge in [-0.2, -0.15) is 0 Å². The van der Waals surface area contributed by atoms with Crippen LogP contribution in [0.2, 0.25) is 0 Å². The van der Waals surface area contributed by atoms with Gasteiger partial charge in [-0.15, -0.1) is 0 Å². The van der Waals surface area contributed by atoms with Crippen LogP contribution in [-0.2, 0) is 6.54 Å². The van der Waals surface area contributed by atoms with Crippen molar-refractivity contribution in [1.29, 1.82) is 0 Å². The number of methoxy groups -OCH3 is 3. The summed E-state index contributed by atoms with van der Waals surface area (Å²) in [7, 11) is 4.88. The molecule has 1 aliphatic rings. The van der Waals surface area contributed by atoms with Gasteiger partial charge in [0.15, 0.2) is 11.5 Å². The molecule has 1 fully saturated rings. The van der Waals surface area contributed by atoms with Gasteiger partial charge in [-0.25, -0.2) is 0 Å². The lowest BCUT2D eigenvalue weighted by atomic mass is 9.99. The monoisotopic (exact) mass is 370 g/mol. The van der Waals surface area contributed by atoms with Gasteiger partial charge in [0, 0.05) is 24.3 Å². The highest BCUT2D eigenvalue weighted by Crippen LogP contribution is 2.40. The van der Waals surface area contributed by atoms with Crippen LogP contribution in [0, 0.1) is 0 Å². The number of likely N-dealkylation sites (tertiary alicyclic amines) is 1. The molecule has 2 heterocycles. The molecule has 1 saturated heterocycles. The third-order valence-electron chi connectivity index (χ3n) is 5.39. The van der Waals surface area contributed by atoms with Gasteiger partial charge in [-0.05, 0) is 55.6 Å². The van der Waals surface area contributed by atoms with Gasteiger partial charge in [0.05, 0.1) is 27.0 Å². The highest BCUT2D eigenvalue weighted by Gasteiger charge is 2.21. The smallest absolute Gasteiger partial charge is 0.203 e. The maximum Gasteiger partial charge on any atom is 0.203 e. The molecule has 5 heteroatoms. The fourth-order valence-corrected chi connectivity index (χ4v) is 3.92. The number of rotatable bonds is 7. The molecule has 0 spiro atoms. The molecule has 2 aromatic rings. The molecule has 0 N–H and O–H groups in total. The summed E-state index contributed by atoms with van der Waals surface area (Å²) in [5, 5.41) is 0. The normalized spacial score (nSPS) is 17.6. The quantitative estimate of drug-likeness (QED) is 0.716. The minimum Gasteiger partial charge on any atom is -0.493 e. The number of hydrogen-bond donors (Lipinski definition) is 0. The molecule has 0 radical (unpaired) electrons. The van der Waals surface area contributed by atoms with Gasteiger partial charge in [-0.3, -0.25) is 9.88 Å². The SMILES string of the molecule is CCC1CCCCN1Cc1ccnc(-c2cc(OC)c(OC)c(OC)c2)c1. The predicted molar refractivity (Wildman–Crippen MR) is 108 cm³/mol. The van der Waals surface area contributed by atoms with Crippen LogP contribution < -0.4 is 14.2 Å². The first kappa shape index (κ1) is 19.5. The van der Waals surface area contributed by atoms with Crippen molar-refractivity contribution in [1.82, 2.24) is 9.88 Å². The number of pyridine rings is 1. The molecule has 1 aliphatic heterocycles. The molecule has 0 aliphatic carbocycles. The van der Waals surface area contributed by atoms with E-state index in [1.54, 1.807) is 21.3 Å². The number of aromatic nitrogens is 1. The molecule has 5 nitrogen and oxygen atoms in total. The summed E-state index contributed by atoms with van der Waals surface area (Å²) < 4.78 is 16.4. The first-order valence-corrected chi connectivity index (χ1v) is 9.69. The molecule has 0 saturated carbocycles. The maximum atomic E-state index is 5.48. The Morgan fingerprint density at radius 1 is 1.04 bits per heavy atom. The fourth-order valence-electron chi connectivity index (χ4n) is 3.92. The zero-order valence-corrected chi connectivity index (χ0v) is 16.8. The average Bonchev–Trinajstić information content (AvgIpc) is 2.73. The van der Waals surface area contributed by atoms with E-state index in [1.165, 1.54) is 37.8 Å². The van der Waals surface area contributed by atoms with Crippen molar-refractivity contribution in [2.45, 2.75) is 45.2 Å². The predicted octanol–water partition coefficient (Wildman–Crippen LogP) is 4.54. The summed E-state index contributed by atoms with van der Waals surface area (Å²) in [6.07, 6.45) is 7.05. The van der Waals surface area contributed by atoms with Crippen LogP contribution in [0.1, 0.15) is 38.2 Å². The Labute approximate surface area is 162 Å². The number of nitrogens with zero attached hydrogens (tertiary/aromatic N) is 2. The van der Waals surface area contributed by atoms with Gasteiger partial charge in [0.25, 0.3) is 0 Å². The summed E-state index contributed by atoms with van der Waals surface area (Å²) in [5.74, 6) is 1.88. The van der Waals surface area contributed by atoms with E-state index in [2.05, 4.69) is 28.9 Å². The highest BCUT2D eigenvalue weighted by atomic mass is 16.5. The first-order valence-electron chi connectivity index (χ1n) is 9.69. The van der Waals surface area contributed by atoms with Crippen molar-refractivity contribution in [3.8, 4) is 28.5 Å². The third-order valence-corrected chi connectivity index (χ3v) is 5.39. The molecular formula is C22H30N2O3. The molecule has 0 bridgehead atoms. The van der Waals surface area contributed by atoms with Gasteiger partial charge >= 0.3 is 0 Å². The molecule has 27 heavy (non-hydrogen) atoms. The minimum absolute atomic E-state index is 0.596. The summed E-state index contributed by atoms with van der Waals surface area (Å²) in [5.41, 5.74) is 3.16. The Hall–Kier alpha value is -2.27. The molecule has 1 unspecified atom stereocenters. The highest BCUT2D eigenvalue weighted by molar-refractivity contribution is 5.69. The summed E-state index contributed by atoms with van der Waals surface area (Å²) in [6.45, 7) is 4.44. The lowest BCUT2D eigenvalue weighted by molar-refractivity contribution is 0.136. The second-order valence-electron chi connectivity index (χ2n) is 6.99. The zero-order valence-electron chi connectivity index (χ0n) is 16.8. The van der Waals surface area contributed by atoms with Crippen molar-refractivity contribution in [2.24, 2.45) is 0 Å². The Morgan fingerprint density at radius 3 is 2.41 bits per heavy atom. The Kier molecular flexibility index (Phi) is 6.56. The van der Waals surface area contributed by atoms with E-state index in [-0.39, 0.29) is 0 Å². The lowest BCUT2D eigenvalue weighted by Crippen LogP contribution is -2.38. The summed E-state index contributed by atoms with van der Waals surface area (Å²) >= 11 is 0. The molecule has 1 aromatic carbocycles. The van der Waals surface area contributed by atoms with E-state index in [0.717, 1.165) is 17.8 Å². The summed E-state index contributed by atoms with van der Waals surface area (Å²) in [6, 6.07) is 8.87. The molecule has 1 atom stereocenters. The second kappa shape index (κ2) is 9.09. The van der Waals surface area contributed by atoms with Gasteiger partial charge in [0.1, 0.15) is 0 Å². The van der Waals surface area contributed by atoms with Gasteiger partial charge < -0.3 is 14.2 Å². The number of benzene rings is 1. The van der Waals surface area contributed by atoms with E-state index in [4.69, 9.17) is 14.2 Å². The number of piperidine rings is 1. The van der Waals surface area contributed by atoms with Crippen LogP contribution in [0.15, 0.2) is 30.5 Å². The molecule has 1 aromatic heterocycles.